The average Bonchev–Trinajstić information content (AvgIpc) is 2.71. The molecule has 2 heterocycles. The summed E-state index contributed by atoms with van der Waals surface area (Å²) in [6, 6.07) is 0. The lowest BCUT2D eigenvalue weighted by Gasteiger charge is -2.22. The van der Waals surface area contributed by atoms with Crippen LogP contribution < -0.4 is 5.73 Å². The van der Waals surface area contributed by atoms with E-state index in [1.165, 1.54) is 32.1 Å². The molecule has 0 unspecified atom stereocenters. The summed E-state index contributed by atoms with van der Waals surface area (Å²) >= 11 is 0. The Balaban J connectivity index is 2.15. The Morgan fingerprint density at radius 1 is 1.24 bits per heavy atom. The molecule has 2 aromatic heterocycles. The SMILES string of the molecule is Cc1nc(C2CCCCC2)c2c(N)c[nH]c2n1. The van der Waals surface area contributed by atoms with Crippen molar-refractivity contribution in [2.45, 2.75) is 44.9 Å². The van der Waals surface area contributed by atoms with Gasteiger partial charge in [-0.2, -0.15) is 0 Å². The van der Waals surface area contributed by atoms with Gasteiger partial charge in [0, 0.05) is 12.1 Å². The van der Waals surface area contributed by atoms with Crippen molar-refractivity contribution in [3.63, 3.8) is 0 Å². The first-order valence-corrected chi connectivity index (χ1v) is 6.37. The van der Waals surface area contributed by atoms with Crippen LogP contribution in [0, 0.1) is 6.92 Å². The summed E-state index contributed by atoms with van der Waals surface area (Å²) in [6.07, 6.45) is 8.25. The maximum absolute atomic E-state index is 6.02. The Labute approximate surface area is 101 Å². The number of anilines is 1. The third-order valence-corrected chi connectivity index (χ3v) is 3.69. The van der Waals surface area contributed by atoms with Crippen molar-refractivity contribution >= 4 is 16.7 Å². The van der Waals surface area contributed by atoms with Crippen molar-refractivity contribution in [2.24, 2.45) is 0 Å². The first-order valence-electron chi connectivity index (χ1n) is 6.37. The molecule has 0 bridgehead atoms. The second-order valence-corrected chi connectivity index (χ2v) is 4.96. The van der Waals surface area contributed by atoms with Crippen LogP contribution in [0.3, 0.4) is 0 Å². The fourth-order valence-electron chi connectivity index (χ4n) is 2.87. The molecule has 0 aromatic carbocycles. The van der Waals surface area contributed by atoms with Crippen LogP contribution in [0.4, 0.5) is 5.69 Å². The van der Waals surface area contributed by atoms with E-state index in [2.05, 4.69) is 15.0 Å². The molecule has 4 nitrogen and oxygen atoms in total. The molecule has 0 aliphatic heterocycles. The molecule has 1 fully saturated rings. The lowest BCUT2D eigenvalue weighted by atomic mass is 9.85. The number of aromatic nitrogens is 3. The van der Waals surface area contributed by atoms with E-state index in [1.807, 2.05) is 13.1 Å². The number of fused-ring (bicyclic) bond motifs is 1. The number of aryl methyl sites for hydroxylation is 1. The summed E-state index contributed by atoms with van der Waals surface area (Å²) < 4.78 is 0. The molecular weight excluding hydrogens is 212 g/mol. The van der Waals surface area contributed by atoms with Gasteiger partial charge < -0.3 is 10.7 Å². The van der Waals surface area contributed by atoms with Crippen molar-refractivity contribution in [1.29, 1.82) is 0 Å². The van der Waals surface area contributed by atoms with Gasteiger partial charge in [-0.15, -0.1) is 0 Å². The molecular formula is C13H18N4. The highest BCUT2D eigenvalue weighted by Gasteiger charge is 2.21. The molecule has 2 aromatic rings. The number of H-pyrrole nitrogens is 1. The number of nitrogen functional groups attached to an aromatic ring is 1. The van der Waals surface area contributed by atoms with Gasteiger partial charge in [-0.1, -0.05) is 19.3 Å². The molecule has 0 saturated heterocycles. The molecule has 0 radical (unpaired) electrons. The van der Waals surface area contributed by atoms with Crippen LogP contribution in [0.15, 0.2) is 6.20 Å². The van der Waals surface area contributed by atoms with E-state index in [-0.39, 0.29) is 0 Å². The third kappa shape index (κ3) is 1.77. The Hall–Kier alpha value is -1.58. The van der Waals surface area contributed by atoms with E-state index in [0.717, 1.165) is 28.2 Å². The van der Waals surface area contributed by atoms with E-state index >= 15 is 0 Å². The highest BCUT2D eigenvalue weighted by atomic mass is 15.0. The van der Waals surface area contributed by atoms with Gasteiger partial charge in [-0.3, -0.25) is 0 Å². The number of nitrogens with zero attached hydrogens (tertiary/aromatic N) is 2. The topological polar surface area (TPSA) is 67.6 Å². The monoisotopic (exact) mass is 230 g/mol. The summed E-state index contributed by atoms with van der Waals surface area (Å²) in [4.78, 5) is 12.2. The smallest absolute Gasteiger partial charge is 0.143 e. The highest BCUT2D eigenvalue weighted by molar-refractivity contribution is 5.91. The standard InChI is InChI=1S/C13H18N4/c1-8-16-12(9-5-3-2-4-6-9)11-10(14)7-15-13(11)17-8/h7,9H,2-6,14H2,1H3,(H,15,16,17). The lowest BCUT2D eigenvalue weighted by Crippen LogP contribution is -2.09. The number of nitrogens with two attached hydrogens (primary N) is 1. The Morgan fingerprint density at radius 3 is 2.76 bits per heavy atom. The zero-order valence-electron chi connectivity index (χ0n) is 10.2. The summed E-state index contributed by atoms with van der Waals surface area (Å²) in [5, 5.41) is 1.04. The largest absolute Gasteiger partial charge is 0.397 e. The maximum atomic E-state index is 6.02. The van der Waals surface area contributed by atoms with Crippen molar-refractivity contribution in [1.82, 2.24) is 15.0 Å². The van der Waals surface area contributed by atoms with Crippen LogP contribution in [0.1, 0.15) is 49.5 Å². The fraction of sp³-hybridized carbons (Fsp3) is 0.538. The first-order chi connectivity index (χ1) is 8.25. The lowest BCUT2D eigenvalue weighted by molar-refractivity contribution is 0.438. The highest BCUT2D eigenvalue weighted by Crippen LogP contribution is 2.36. The van der Waals surface area contributed by atoms with Gasteiger partial charge in [0.25, 0.3) is 0 Å². The molecule has 1 saturated carbocycles. The number of aromatic amines is 1. The van der Waals surface area contributed by atoms with Crippen molar-refractivity contribution in [2.75, 3.05) is 5.73 Å². The molecule has 17 heavy (non-hydrogen) atoms. The Bertz CT molecular complexity index is 538. The van der Waals surface area contributed by atoms with E-state index < -0.39 is 0 Å². The van der Waals surface area contributed by atoms with Gasteiger partial charge >= 0.3 is 0 Å². The second-order valence-electron chi connectivity index (χ2n) is 4.96. The van der Waals surface area contributed by atoms with Gasteiger partial charge in [0.2, 0.25) is 0 Å². The summed E-state index contributed by atoms with van der Waals surface area (Å²) in [5.41, 5.74) is 8.84. The van der Waals surface area contributed by atoms with E-state index in [1.54, 1.807) is 0 Å². The maximum Gasteiger partial charge on any atom is 0.143 e. The van der Waals surface area contributed by atoms with Crippen LogP contribution in [0.5, 0.6) is 0 Å². The van der Waals surface area contributed by atoms with Crippen LogP contribution in [0.2, 0.25) is 0 Å². The molecule has 4 heteroatoms. The Kier molecular flexibility index (Phi) is 2.50. The zero-order valence-corrected chi connectivity index (χ0v) is 10.2. The van der Waals surface area contributed by atoms with Crippen molar-refractivity contribution in [3.8, 4) is 0 Å². The van der Waals surface area contributed by atoms with Crippen LogP contribution in [0.25, 0.3) is 11.0 Å². The Morgan fingerprint density at radius 2 is 2.00 bits per heavy atom. The number of hydrogen-bond acceptors (Lipinski definition) is 3. The van der Waals surface area contributed by atoms with Gasteiger partial charge in [-0.25, -0.2) is 9.97 Å². The summed E-state index contributed by atoms with van der Waals surface area (Å²) in [5.74, 6) is 1.39. The molecule has 3 rings (SSSR count). The number of nitrogens with one attached hydrogen (secondary N) is 1. The van der Waals surface area contributed by atoms with Crippen LogP contribution in [-0.4, -0.2) is 15.0 Å². The molecule has 0 amide bonds. The first kappa shape index (κ1) is 10.6. The normalized spacial score (nSPS) is 17.7. The summed E-state index contributed by atoms with van der Waals surface area (Å²) in [6.45, 7) is 1.95. The minimum absolute atomic E-state index is 0.561. The second kappa shape index (κ2) is 4.02. The van der Waals surface area contributed by atoms with Crippen LogP contribution in [-0.2, 0) is 0 Å². The van der Waals surface area contributed by atoms with Gasteiger partial charge in [0.1, 0.15) is 11.5 Å². The predicted molar refractivity (Wildman–Crippen MR) is 68.9 cm³/mol. The molecule has 0 spiro atoms. The molecule has 3 N–H and O–H groups in total. The van der Waals surface area contributed by atoms with E-state index in [0.29, 0.717) is 5.92 Å². The summed E-state index contributed by atoms with van der Waals surface area (Å²) in [7, 11) is 0. The zero-order chi connectivity index (χ0) is 11.8. The number of rotatable bonds is 1. The van der Waals surface area contributed by atoms with Gasteiger partial charge in [-0.05, 0) is 19.8 Å². The van der Waals surface area contributed by atoms with E-state index in [4.69, 9.17) is 5.73 Å². The molecule has 1 aliphatic rings. The fourth-order valence-corrected chi connectivity index (χ4v) is 2.87. The average molecular weight is 230 g/mol. The quantitative estimate of drug-likeness (QED) is 0.791. The van der Waals surface area contributed by atoms with Gasteiger partial charge in [0.05, 0.1) is 16.8 Å². The van der Waals surface area contributed by atoms with E-state index in [9.17, 15) is 0 Å². The molecule has 0 atom stereocenters. The number of hydrogen-bond donors (Lipinski definition) is 2. The minimum atomic E-state index is 0.561. The third-order valence-electron chi connectivity index (χ3n) is 3.69. The van der Waals surface area contributed by atoms with Crippen molar-refractivity contribution in [3.05, 3.63) is 17.7 Å². The van der Waals surface area contributed by atoms with Crippen LogP contribution >= 0.6 is 0 Å². The predicted octanol–water partition coefficient (Wildman–Crippen LogP) is 2.90. The van der Waals surface area contributed by atoms with Gasteiger partial charge in [0.15, 0.2) is 0 Å². The van der Waals surface area contributed by atoms with Crippen molar-refractivity contribution < 1.29 is 0 Å². The molecule has 1 aliphatic carbocycles. The minimum Gasteiger partial charge on any atom is -0.397 e. The molecule has 90 valence electrons.